The van der Waals surface area contributed by atoms with Crippen molar-refractivity contribution < 1.29 is 19.0 Å². The van der Waals surface area contributed by atoms with Gasteiger partial charge >= 0.3 is 0 Å². The maximum Gasteiger partial charge on any atom is 0.243 e. The van der Waals surface area contributed by atoms with Crippen LogP contribution >= 0.6 is 0 Å². The number of rotatable bonds is 13. The van der Waals surface area contributed by atoms with Crippen molar-refractivity contribution in [3.05, 3.63) is 84.4 Å². The Morgan fingerprint density at radius 3 is 2.34 bits per heavy atom. The lowest BCUT2D eigenvalue weighted by Gasteiger charge is -2.13. The number of aryl methyl sites for hydroxylation is 1. The lowest BCUT2D eigenvalue weighted by atomic mass is 10.1. The molecule has 1 amide bonds. The second-order valence-electron chi connectivity index (χ2n) is 7.20. The quantitative estimate of drug-likeness (QED) is 0.379. The normalized spacial score (nSPS) is 10.4. The minimum atomic E-state index is -0.142. The number of hydrogen-bond donors (Lipinski definition) is 2. The van der Waals surface area contributed by atoms with Gasteiger partial charge in [0, 0.05) is 12.8 Å². The maximum atomic E-state index is 12.3. The highest BCUT2D eigenvalue weighted by Gasteiger charge is 2.07. The van der Waals surface area contributed by atoms with Crippen LogP contribution in [0.15, 0.2) is 78.9 Å². The molecule has 0 unspecified atom stereocenters. The summed E-state index contributed by atoms with van der Waals surface area (Å²) in [7, 11) is 1.63. The average Bonchev–Trinajstić information content (AvgIpc) is 2.83. The van der Waals surface area contributed by atoms with Crippen LogP contribution in [-0.4, -0.2) is 39.4 Å². The highest BCUT2D eigenvalue weighted by atomic mass is 16.5. The summed E-state index contributed by atoms with van der Waals surface area (Å²) in [5.74, 6) is 1.33. The fraction of sp³-hybridized carbons (Fsp3) is 0.269. The molecule has 0 spiro atoms. The van der Waals surface area contributed by atoms with Crippen LogP contribution in [0.25, 0.3) is 0 Å². The van der Waals surface area contributed by atoms with Crippen LogP contribution in [-0.2, 0) is 16.0 Å². The summed E-state index contributed by atoms with van der Waals surface area (Å²) < 4.78 is 16.4. The highest BCUT2D eigenvalue weighted by molar-refractivity contribution is 5.94. The van der Waals surface area contributed by atoms with E-state index < -0.39 is 0 Å². The molecule has 3 aromatic rings. The third kappa shape index (κ3) is 7.96. The Morgan fingerprint density at radius 2 is 1.56 bits per heavy atom. The first-order chi connectivity index (χ1) is 15.7. The molecule has 0 fully saturated rings. The van der Waals surface area contributed by atoms with Gasteiger partial charge in [-0.2, -0.15) is 0 Å². The molecule has 6 heteroatoms. The first-order valence-electron chi connectivity index (χ1n) is 10.8. The van der Waals surface area contributed by atoms with Crippen molar-refractivity contribution in [3.63, 3.8) is 0 Å². The predicted octanol–water partition coefficient (Wildman–Crippen LogP) is 4.77. The van der Waals surface area contributed by atoms with Crippen LogP contribution in [0.3, 0.4) is 0 Å². The van der Waals surface area contributed by atoms with E-state index in [1.165, 1.54) is 5.56 Å². The summed E-state index contributed by atoms with van der Waals surface area (Å²) in [6.07, 6.45) is 1.89. The van der Waals surface area contributed by atoms with E-state index in [0.717, 1.165) is 30.0 Å². The van der Waals surface area contributed by atoms with E-state index in [2.05, 4.69) is 22.8 Å². The van der Waals surface area contributed by atoms with Crippen LogP contribution in [0.4, 0.5) is 11.4 Å². The first-order valence-corrected chi connectivity index (χ1v) is 10.8. The fourth-order valence-corrected chi connectivity index (χ4v) is 3.10. The third-order valence-electron chi connectivity index (χ3n) is 4.73. The van der Waals surface area contributed by atoms with Crippen LogP contribution in [0.5, 0.6) is 11.5 Å². The average molecular weight is 435 g/mol. The van der Waals surface area contributed by atoms with Gasteiger partial charge in [0.15, 0.2) is 0 Å². The topological polar surface area (TPSA) is 68.8 Å². The molecule has 3 rings (SSSR count). The van der Waals surface area contributed by atoms with E-state index in [4.69, 9.17) is 14.2 Å². The van der Waals surface area contributed by atoms with E-state index in [9.17, 15) is 4.79 Å². The molecule has 0 heterocycles. The molecule has 0 saturated carbocycles. The number of para-hydroxylation sites is 2. The van der Waals surface area contributed by atoms with Crippen LogP contribution in [0.2, 0.25) is 0 Å². The zero-order chi connectivity index (χ0) is 22.4. The Balaban J connectivity index is 1.42. The number of methoxy groups -OCH3 is 1. The monoisotopic (exact) mass is 434 g/mol. The van der Waals surface area contributed by atoms with Gasteiger partial charge in [-0.1, -0.05) is 42.5 Å². The molecule has 0 aromatic heterocycles. The third-order valence-corrected chi connectivity index (χ3v) is 4.73. The summed E-state index contributed by atoms with van der Waals surface area (Å²) in [5.41, 5.74) is 2.80. The second-order valence-corrected chi connectivity index (χ2v) is 7.20. The lowest BCUT2D eigenvalue weighted by Crippen LogP contribution is -2.22. The largest absolute Gasteiger partial charge is 0.491 e. The van der Waals surface area contributed by atoms with E-state index in [1.54, 1.807) is 7.11 Å². The van der Waals surface area contributed by atoms with Crippen molar-refractivity contribution in [2.75, 3.05) is 44.1 Å². The molecule has 0 atom stereocenters. The van der Waals surface area contributed by atoms with Gasteiger partial charge < -0.3 is 24.8 Å². The lowest BCUT2D eigenvalue weighted by molar-refractivity contribution is -0.114. The van der Waals surface area contributed by atoms with E-state index in [1.807, 2.05) is 66.7 Å². The minimum Gasteiger partial charge on any atom is -0.491 e. The first kappa shape index (κ1) is 23.2. The van der Waals surface area contributed by atoms with Gasteiger partial charge in [-0.05, 0) is 54.8 Å². The standard InChI is InChI=1S/C26H30N2O4/c1-30-18-19-31-23-15-13-22(14-16-23)28-26(29)20-27-24-11-5-6-12-25(24)32-17-7-10-21-8-3-2-4-9-21/h2-6,8-9,11-16,27H,7,10,17-20H2,1H3,(H,28,29). The van der Waals surface area contributed by atoms with Gasteiger partial charge in [0.05, 0.1) is 25.4 Å². The van der Waals surface area contributed by atoms with Crippen molar-refractivity contribution in [2.45, 2.75) is 12.8 Å². The summed E-state index contributed by atoms with van der Waals surface area (Å²) in [6.45, 7) is 1.76. The SMILES string of the molecule is COCCOc1ccc(NC(=O)CNc2ccccc2OCCCc2ccccc2)cc1. The van der Waals surface area contributed by atoms with Crippen LogP contribution < -0.4 is 20.1 Å². The van der Waals surface area contributed by atoms with Crippen LogP contribution in [0.1, 0.15) is 12.0 Å². The Kier molecular flexibility index (Phi) is 9.42. The summed E-state index contributed by atoms with van der Waals surface area (Å²) >= 11 is 0. The minimum absolute atomic E-state index is 0.135. The molecule has 3 aromatic carbocycles. The fourth-order valence-electron chi connectivity index (χ4n) is 3.10. The van der Waals surface area contributed by atoms with Gasteiger partial charge in [0.1, 0.15) is 18.1 Å². The molecule has 0 saturated heterocycles. The summed E-state index contributed by atoms with van der Waals surface area (Å²) in [6, 6.07) is 25.3. The number of hydrogen-bond acceptors (Lipinski definition) is 5. The van der Waals surface area contributed by atoms with Gasteiger partial charge in [0.2, 0.25) is 5.91 Å². The molecule has 6 nitrogen and oxygen atoms in total. The maximum absolute atomic E-state index is 12.3. The molecule has 0 radical (unpaired) electrons. The molecule has 168 valence electrons. The van der Waals surface area contributed by atoms with Crippen LogP contribution in [0, 0.1) is 0 Å². The number of ether oxygens (including phenoxy) is 3. The molecular weight excluding hydrogens is 404 g/mol. The number of carbonyl (C=O) groups is 1. The Bertz CT molecular complexity index is 946. The van der Waals surface area contributed by atoms with Crippen molar-refractivity contribution in [1.82, 2.24) is 0 Å². The molecule has 0 bridgehead atoms. The van der Waals surface area contributed by atoms with Gasteiger partial charge in [-0.15, -0.1) is 0 Å². The zero-order valence-electron chi connectivity index (χ0n) is 18.4. The molecule has 0 aliphatic heterocycles. The van der Waals surface area contributed by atoms with Crippen molar-refractivity contribution >= 4 is 17.3 Å². The van der Waals surface area contributed by atoms with E-state index in [0.29, 0.717) is 25.5 Å². The summed E-state index contributed by atoms with van der Waals surface area (Å²) in [5, 5.41) is 6.04. The van der Waals surface area contributed by atoms with Crippen molar-refractivity contribution in [3.8, 4) is 11.5 Å². The van der Waals surface area contributed by atoms with E-state index >= 15 is 0 Å². The number of benzene rings is 3. The van der Waals surface area contributed by atoms with Gasteiger partial charge in [0.25, 0.3) is 0 Å². The second kappa shape index (κ2) is 13.0. The predicted molar refractivity (Wildman–Crippen MR) is 128 cm³/mol. The molecule has 0 aliphatic rings. The number of anilines is 2. The zero-order valence-corrected chi connectivity index (χ0v) is 18.4. The number of nitrogens with one attached hydrogen (secondary N) is 2. The molecular formula is C26H30N2O4. The van der Waals surface area contributed by atoms with Crippen molar-refractivity contribution in [1.29, 1.82) is 0 Å². The van der Waals surface area contributed by atoms with E-state index in [-0.39, 0.29) is 12.5 Å². The smallest absolute Gasteiger partial charge is 0.243 e. The molecule has 2 N–H and O–H groups in total. The van der Waals surface area contributed by atoms with Crippen molar-refractivity contribution in [2.24, 2.45) is 0 Å². The Hall–Kier alpha value is -3.51. The highest BCUT2D eigenvalue weighted by Crippen LogP contribution is 2.24. The van der Waals surface area contributed by atoms with Gasteiger partial charge in [-0.3, -0.25) is 4.79 Å². The summed E-state index contributed by atoms with van der Waals surface area (Å²) in [4.78, 5) is 12.3. The number of carbonyl (C=O) groups excluding carboxylic acids is 1. The van der Waals surface area contributed by atoms with Gasteiger partial charge in [-0.25, -0.2) is 0 Å². The Labute approximate surface area is 189 Å². The Morgan fingerprint density at radius 1 is 0.812 bits per heavy atom. The molecule has 0 aliphatic carbocycles. The molecule has 32 heavy (non-hydrogen) atoms. The number of amides is 1.